The number of carbonyl (C=O) groups is 2. The van der Waals surface area contributed by atoms with Gasteiger partial charge in [0.05, 0.1) is 31.4 Å². The Morgan fingerprint density at radius 2 is 1.80 bits per heavy atom. The second kappa shape index (κ2) is 9.45. The van der Waals surface area contributed by atoms with Crippen LogP contribution in [-0.4, -0.2) is 48.1 Å². The molecule has 0 radical (unpaired) electrons. The Labute approximate surface area is 184 Å². The van der Waals surface area contributed by atoms with Crippen molar-refractivity contribution < 1.29 is 24.2 Å². The SMILES string of the molecule is COc1ccccc1C1/C(=C(/O)c2ccc(Br)cc2)C(=O)C(=O)N1CCOC(C)C. The number of aliphatic hydroxyl groups is 1. The van der Waals surface area contributed by atoms with E-state index in [-0.39, 0.29) is 30.6 Å². The molecule has 0 aromatic heterocycles. The van der Waals surface area contributed by atoms with Crippen molar-refractivity contribution in [3.8, 4) is 5.75 Å². The molecule has 1 aliphatic heterocycles. The molecule has 1 heterocycles. The van der Waals surface area contributed by atoms with E-state index < -0.39 is 17.7 Å². The Morgan fingerprint density at radius 3 is 2.43 bits per heavy atom. The molecule has 7 heteroatoms. The van der Waals surface area contributed by atoms with Crippen LogP contribution in [0.1, 0.15) is 31.0 Å². The summed E-state index contributed by atoms with van der Waals surface area (Å²) in [6.07, 6.45) is -0.00528. The first-order chi connectivity index (χ1) is 14.3. The molecular weight excluding hydrogens is 450 g/mol. The van der Waals surface area contributed by atoms with Gasteiger partial charge in [0.2, 0.25) is 0 Å². The summed E-state index contributed by atoms with van der Waals surface area (Å²) in [6.45, 7) is 4.29. The summed E-state index contributed by atoms with van der Waals surface area (Å²) in [5, 5.41) is 11.0. The molecular formula is C23H24BrNO5. The van der Waals surface area contributed by atoms with E-state index in [1.165, 1.54) is 12.0 Å². The summed E-state index contributed by atoms with van der Waals surface area (Å²) in [5.41, 5.74) is 1.12. The van der Waals surface area contributed by atoms with E-state index in [1.54, 1.807) is 36.4 Å². The van der Waals surface area contributed by atoms with E-state index in [9.17, 15) is 14.7 Å². The number of amides is 1. The number of halogens is 1. The number of aliphatic hydroxyl groups excluding tert-OH is 1. The van der Waals surface area contributed by atoms with Gasteiger partial charge in [0.15, 0.2) is 0 Å². The highest BCUT2D eigenvalue weighted by molar-refractivity contribution is 9.10. The Balaban J connectivity index is 2.13. The van der Waals surface area contributed by atoms with Gasteiger partial charge in [0.25, 0.3) is 11.7 Å². The lowest BCUT2D eigenvalue weighted by Gasteiger charge is -2.26. The molecule has 1 saturated heterocycles. The minimum atomic E-state index is -0.777. The summed E-state index contributed by atoms with van der Waals surface area (Å²) in [4.78, 5) is 27.3. The van der Waals surface area contributed by atoms with Crippen molar-refractivity contribution in [1.82, 2.24) is 4.90 Å². The summed E-state index contributed by atoms with van der Waals surface area (Å²) in [6, 6.07) is 13.3. The lowest BCUT2D eigenvalue weighted by molar-refractivity contribution is -0.140. The third-order valence-electron chi connectivity index (χ3n) is 4.87. The molecule has 0 saturated carbocycles. The van der Waals surface area contributed by atoms with Gasteiger partial charge < -0.3 is 19.5 Å². The second-order valence-corrected chi connectivity index (χ2v) is 8.08. The molecule has 1 amide bonds. The fraction of sp³-hybridized carbons (Fsp3) is 0.304. The molecule has 2 aromatic rings. The lowest BCUT2D eigenvalue weighted by atomic mass is 9.94. The van der Waals surface area contributed by atoms with Crippen molar-refractivity contribution in [2.45, 2.75) is 26.0 Å². The summed E-state index contributed by atoms with van der Waals surface area (Å²) >= 11 is 3.36. The Bertz CT molecular complexity index is 968. The highest BCUT2D eigenvalue weighted by Crippen LogP contribution is 2.42. The number of nitrogens with zero attached hydrogens (tertiary/aromatic N) is 1. The highest BCUT2D eigenvalue weighted by atomic mass is 79.9. The zero-order chi connectivity index (χ0) is 21.8. The van der Waals surface area contributed by atoms with Crippen LogP contribution in [0, 0.1) is 0 Å². The third-order valence-corrected chi connectivity index (χ3v) is 5.40. The number of Topliss-reactive ketones (excluding diaryl/α,β-unsaturated/α-hetero) is 1. The number of rotatable bonds is 7. The number of hydrogen-bond donors (Lipinski definition) is 1. The summed E-state index contributed by atoms with van der Waals surface area (Å²) in [7, 11) is 1.53. The van der Waals surface area contributed by atoms with Crippen molar-refractivity contribution in [2.24, 2.45) is 0 Å². The predicted octanol–water partition coefficient (Wildman–Crippen LogP) is 4.30. The van der Waals surface area contributed by atoms with Crippen LogP contribution in [0.15, 0.2) is 58.6 Å². The lowest BCUT2D eigenvalue weighted by Crippen LogP contribution is -2.33. The van der Waals surface area contributed by atoms with E-state index in [2.05, 4.69) is 15.9 Å². The maximum absolute atomic E-state index is 13.0. The number of hydrogen-bond acceptors (Lipinski definition) is 5. The minimum absolute atomic E-state index is 0.00528. The van der Waals surface area contributed by atoms with Crippen molar-refractivity contribution in [1.29, 1.82) is 0 Å². The number of benzene rings is 2. The van der Waals surface area contributed by atoms with Gasteiger partial charge in [-0.25, -0.2) is 0 Å². The van der Waals surface area contributed by atoms with Gasteiger partial charge >= 0.3 is 0 Å². The van der Waals surface area contributed by atoms with Gasteiger partial charge in [0.1, 0.15) is 11.5 Å². The molecule has 1 N–H and O–H groups in total. The molecule has 1 atom stereocenters. The fourth-order valence-electron chi connectivity index (χ4n) is 3.48. The van der Waals surface area contributed by atoms with Gasteiger partial charge in [-0.2, -0.15) is 0 Å². The van der Waals surface area contributed by atoms with Crippen molar-refractivity contribution >= 4 is 33.4 Å². The van der Waals surface area contributed by atoms with Crippen molar-refractivity contribution in [3.05, 3.63) is 69.7 Å². The number of carbonyl (C=O) groups excluding carboxylic acids is 2. The average Bonchev–Trinajstić information content (AvgIpc) is 2.98. The minimum Gasteiger partial charge on any atom is -0.507 e. The number of likely N-dealkylation sites (tertiary alicyclic amines) is 1. The van der Waals surface area contributed by atoms with E-state index >= 15 is 0 Å². The van der Waals surface area contributed by atoms with E-state index in [0.29, 0.717) is 16.9 Å². The third kappa shape index (κ3) is 4.42. The first kappa shape index (κ1) is 22.1. The summed E-state index contributed by atoms with van der Waals surface area (Å²) < 4.78 is 11.9. The van der Waals surface area contributed by atoms with Crippen LogP contribution in [0.3, 0.4) is 0 Å². The maximum Gasteiger partial charge on any atom is 0.295 e. The van der Waals surface area contributed by atoms with Crippen LogP contribution in [0.5, 0.6) is 5.75 Å². The highest BCUT2D eigenvalue weighted by Gasteiger charge is 2.46. The Morgan fingerprint density at radius 1 is 1.13 bits per heavy atom. The van der Waals surface area contributed by atoms with E-state index in [4.69, 9.17) is 9.47 Å². The number of methoxy groups -OCH3 is 1. The molecule has 6 nitrogen and oxygen atoms in total. The Hall–Kier alpha value is -2.64. The molecule has 0 aliphatic carbocycles. The first-order valence-corrected chi connectivity index (χ1v) is 10.4. The molecule has 158 valence electrons. The largest absolute Gasteiger partial charge is 0.507 e. The quantitative estimate of drug-likeness (QED) is 0.368. The van der Waals surface area contributed by atoms with Gasteiger partial charge in [0, 0.05) is 22.1 Å². The molecule has 1 fully saturated rings. The van der Waals surface area contributed by atoms with Gasteiger partial charge in [-0.3, -0.25) is 9.59 Å². The van der Waals surface area contributed by atoms with Crippen LogP contribution in [0.2, 0.25) is 0 Å². The van der Waals surface area contributed by atoms with E-state index in [0.717, 1.165) is 4.47 Å². The molecule has 1 aliphatic rings. The fourth-order valence-corrected chi connectivity index (χ4v) is 3.74. The van der Waals surface area contributed by atoms with Gasteiger partial charge in [-0.05, 0) is 32.0 Å². The molecule has 30 heavy (non-hydrogen) atoms. The smallest absolute Gasteiger partial charge is 0.295 e. The van der Waals surface area contributed by atoms with Gasteiger partial charge in [-0.1, -0.05) is 46.3 Å². The normalized spacial score (nSPS) is 18.3. The zero-order valence-corrected chi connectivity index (χ0v) is 18.7. The van der Waals surface area contributed by atoms with Crippen molar-refractivity contribution in [2.75, 3.05) is 20.3 Å². The topological polar surface area (TPSA) is 76.1 Å². The number of ketones is 1. The van der Waals surface area contributed by atoms with Crippen LogP contribution in [0.4, 0.5) is 0 Å². The molecule has 0 spiro atoms. The van der Waals surface area contributed by atoms with Gasteiger partial charge in [-0.15, -0.1) is 0 Å². The summed E-state index contributed by atoms with van der Waals surface area (Å²) in [5.74, 6) is -1.09. The monoisotopic (exact) mass is 473 g/mol. The molecule has 3 rings (SSSR count). The standard InChI is InChI=1S/C23H24BrNO5/c1-14(2)30-13-12-25-20(17-6-4-5-7-18(17)29-3)19(22(27)23(25)28)21(26)15-8-10-16(24)11-9-15/h4-11,14,20,26H,12-13H2,1-3H3/b21-19-. The first-order valence-electron chi connectivity index (χ1n) is 9.64. The number of ether oxygens (including phenoxy) is 2. The van der Waals surface area contributed by atoms with Crippen LogP contribution in [-0.2, 0) is 14.3 Å². The van der Waals surface area contributed by atoms with Crippen LogP contribution >= 0.6 is 15.9 Å². The maximum atomic E-state index is 13.0. The molecule has 2 aromatic carbocycles. The predicted molar refractivity (Wildman–Crippen MR) is 117 cm³/mol. The Kier molecular flexibility index (Phi) is 6.95. The van der Waals surface area contributed by atoms with Crippen LogP contribution < -0.4 is 4.74 Å². The van der Waals surface area contributed by atoms with Crippen molar-refractivity contribution in [3.63, 3.8) is 0 Å². The second-order valence-electron chi connectivity index (χ2n) is 7.16. The molecule has 1 unspecified atom stereocenters. The average molecular weight is 474 g/mol. The molecule has 0 bridgehead atoms. The van der Waals surface area contributed by atoms with Crippen LogP contribution in [0.25, 0.3) is 5.76 Å². The van der Waals surface area contributed by atoms with E-state index in [1.807, 2.05) is 26.0 Å². The zero-order valence-electron chi connectivity index (χ0n) is 17.1. The number of para-hydroxylation sites is 1.